The number of benzene rings is 2. The van der Waals surface area contributed by atoms with Crippen molar-refractivity contribution in [3.05, 3.63) is 63.4 Å². The standard InChI is InChI=1S/C19H16INO2/c1-22-18-12-13(11-16(20)19(18)23-2)7-9-15-10-8-14-5-3-4-6-17(14)21-15/h3-12H,1-2H3/b9-7+. The summed E-state index contributed by atoms with van der Waals surface area (Å²) in [5.41, 5.74) is 2.96. The number of hydrogen-bond acceptors (Lipinski definition) is 3. The normalized spacial score (nSPS) is 11.1. The highest BCUT2D eigenvalue weighted by Crippen LogP contribution is 2.34. The molecule has 23 heavy (non-hydrogen) atoms. The van der Waals surface area contributed by atoms with Gasteiger partial charge in [-0.1, -0.05) is 30.3 Å². The van der Waals surface area contributed by atoms with Gasteiger partial charge in [0.25, 0.3) is 0 Å². The third-order valence-corrected chi connectivity index (χ3v) is 4.32. The Morgan fingerprint density at radius 2 is 1.78 bits per heavy atom. The molecule has 4 heteroatoms. The first-order chi connectivity index (χ1) is 11.2. The fraction of sp³-hybridized carbons (Fsp3) is 0.105. The van der Waals surface area contributed by atoms with Crippen molar-refractivity contribution in [1.82, 2.24) is 4.98 Å². The molecule has 0 aliphatic carbocycles. The summed E-state index contributed by atoms with van der Waals surface area (Å²) in [5.74, 6) is 1.49. The smallest absolute Gasteiger partial charge is 0.174 e. The lowest BCUT2D eigenvalue weighted by Crippen LogP contribution is -1.93. The molecule has 0 aliphatic rings. The zero-order valence-electron chi connectivity index (χ0n) is 12.9. The van der Waals surface area contributed by atoms with Gasteiger partial charge >= 0.3 is 0 Å². The van der Waals surface area contributed by atoms with Gasteiger partial charge in [0.05, 0.1) is 29.0 Å². The Labute approximate surface area is 149 Å². The molecular weight excluding hydrogens is 401 g/mol. The van der Waals surface area contributed by atoms with Gasteiger partial charge in [0, 0.05) is 5.39 Å². The second-order valence-electron chi connectivity index (χ2n) is 5.00. The van der Waals surface area contributed by atoms with Crippen LogP contribution in [0.5, 0.6) is 11.5 Å². The van der Waals surface area contributed by atoms with Crippen LogP contribution in [0.1, 0.15) is 11.3 Å². The summed E-state index contributed by atoms with van der Waals surface area (Å²) in [4.78, 5) is 4.64. The van der Waals surface area contributed by atoms with Crippen LogP contribution in [0.4, 0.5) is 0 Å². The Morgan fingerprint density at radius 1 is 0.957 bits per heavy atom. The zero-order valence-corrected chi connectivity index (χ0v) is 15.1. The van der Waals surface area contributed by atoms with Gasteiger partial charge < -0.3 is 9.47 Å². The number of rotatable bonds is 4. The fourth-order valence-electron chi connectivity index (χ4n) is 2.39. The van der Waals surface area contributed by atoms with Crippen molar-refractivity contribution in [2.45, 2.75) is 0 Å². The minimum absolute atomic E-state index is 0.727. The maximum atomic E-state index is 5.39. The van der Waals surface area contributed by atoms with Gasteiger partial charge in [-0.3, -0.25) is 0 Å². The molecule has 0 bridgehead atoms. The minimum Gasteiger partial charge on any atom is -0.493 e. The Hall–Kier alpha value is -2.08. The number of aromatic nitrogens is 1. The van der Waals surface area contributed by atoms with Gasteiger partial charge in [0.1, 0.15) is 0 Å². The predicted molar refractivity (Wildman–Crippen MR) is 103 cm³/mol. The van der Waals surface area contributed by atoms with Crippen LogP contribution in [-0.2, 0) is 0 Å². The summed E-state index contributed by atoms with van der Waals surface area (Å²) in [6.07, 6.45) is 4.03. The van der Waals surface area contributed by atoms with Crippen LogP contribution in [0.15, 0.2) is 48.5 Å². The van der Waals surface area contributed by atoms with E-state index >= 15 is 0 Å². The fourth-order valence-corrected chi connectivity index (χ4v) is 3.24. The monoisotopic (exact) mass is 417 g/mol. The van der Waals surface area contributed by atoms with Gasteiger partial charge in [-0.2, -0.15) is 0 Å². The largest absolute Gasteiger partial charge is 0.493 e. The summed E-state index contributed by atoms with van der Waals surface area (Å²) in [7, 11) is 3.29. The maximum absolute atomic E-state index is 5.39. The van der Waals surface area contributed by atoms with Crippen LogP contribution >= 0.6 is 22.6 Å². The van der Waals surface area contributed by atoms with E-state index in [1.54, 1.807) is 14.2 Å². The minimum atomic E-state index is 0.727. The number of fused-ring (bicyclic) bond motifs is 1. The quantitative estimate of drug-likeness (QED) is 0.559. The molecule has 3 nitrogen and oxygen atoms in total. The van der Waals surface area contributed by atoms with Crippen molar-refractivity contribution in [3.63, 3.8) is 0 Å². The molecule has 3 aromatic rings. The Morgan fingerprint density at radius 3 is 2.57 bits per heavy atom. The lowest BCUT2D eigenvalue weighted by molar-refractivity contribution is 0.353. The molecule has 1 heterocycles. The maximum Gasteiger partial charge on any atom is 0.174 e. The van der Waals surface area contributed by atoms with Crippen LogP contribution in [-0.4, -0.2) is 19.2 Å². The third kappa shape index (κ3) is 3.47. The average Bonchev–Trinajstić information content (AvgIpc) is 2.59. The number of hydrogen-bond donors (Lipinski definition) is 0. The summed E-state index contributed by atoms with van der Waals surface area (Å²) >= 11 is 2.25. The highest BCUT2D eigenvalue weighted by molar-refractivity contribution is 14.1. The molecule has 0 N–H and O–H groups in total. The van der Waals surface area contributed by atoms with Crippen LogP contribution in [0.3, 0.4) is 0 Å². The van der Waals surface area contributed by atoms with E-state index in [1.165, 1.54) is 0 Å². The molecule has 1 aromatic heterocycles. The van der Waals surface area contributed by atoms with Crippen molar-refractivity contribution < 1.29 is 9.47 Å². The molecule has 0 aliphatic heterocycles. The molecule has 0 unspecified atom stereocenters. The highest BCUT2D eigenvalue weighted by Gasteiger charge is 2.09. The summed E-state index contributed by atoms with van der Waals surface area (Å²) in [6, 6.07) is 16.2. The van der Waals surface area contributed by atoms with Gasteiger partial charge in [0.15, 0.2) is 11.5 Å². The number of methoxy groups -OCH3 is 2. The van der Waals surface area contributed by atoms with E-state index in [-0.39, 0.29) is 0 Å². The summed E-state index contributed by atoms with van der Waals surface area (Å²) in [5, 5.41) is 1.14. The number of pyridine rings is 1. The van der Waals surface area contributed by atoms with E-state index in [4.69, 9.17) is 9.47 Å². The molecule has 2 aromatic carbocycles. The number of para-hydroxylation sites is 1. The molecule has 0 spiro atoms. The van der Waals surface area contributed by atoms with E-state index in [2.05, 4.69) is 45.8 Å². The Kier molecular flexibility index (Phi) is 4.81. The molecule has 0 amide bonds. The van der Waals surface area contributed by atoms with E-state index in [9.17, 15) is 0 Å². The number of nitrogens with zero attached hydrogens (tertiary/aromatic N) is 1. The molecular formula is C19H16INO2. The van der Waals surface area contributed by atoms with E-state index in [0.717, 1.165) is 37.2 Å². The number of halogens is 1. The van der Waals surface area contributed by atoms with Crippen molar-refractivity contribution >= 4 is 45.6 Å². The molecule has 116 valence electrons. The van der Waals surface area contributed by atoms with Crippen LogP contribution in [0, 0.1) is 3.57 Å². The molecule has 0 saturated carbocycles. The first-order valence-electron chi connectivity index (χ1n) is 7.16. The average molecular weight is 417 g/mol. The van der Waals surface area contributed by atoms with Crippen LogP contribution in [0.25, 0.3) is 23.1 Å². The van der Waals surface area contributed by atoms with Crippen LogP contribution < -0.4 is 9.47 Å². The third-order valence-electron chi connectivity index (χ3n) is 3.52. The first kappa shape index (κ1) is 15.8. The van der Waals surface area contributed by atoms with Crippen molar-refractivity contribution in [2.24, 2.45) is 0 Å². The zero-order chi connectivity index (χ0) is 16.2. The Bertz CT molecular complexity index is 874. The molecule has 0 radical (unpaired) electrons. The Balaban J connectivity index is 1.93. The second kappa shape index (κ2) is 7.00. The van der Waals surface area contributed by atoms with Crippen molar-refractivity contribution in [1.29, 1.82) is 0 Å². The van der Waals surface area contributed by atoms with Crippen LogP contribution in [0.2, 0.25) is 0 Å². The first-order valence-corrected chi connectivity index (χ1v) is 8.24. The predicted octanol–water partition coefficient (Wildman–Crippen LogP) is 5.03. The summed E-state index contributed by atoms with van der Waals surface area (Å²) < 4.78 is 11.8. The van der Waals surface area contributed by atoms with Gasteiger partial charge in [-0.25, -0.2) is 4.98 Å². The van der Waals surface area contributed by atoms with E-state index in [1.807, 2.05) is 42.5 Å². The molecule has 3 rings (SSSR count). The molecule has 0 saturated heterocycles. The van der Waals surface area contributed by atoms with Crippen molar-refractivity contribution in [3.8, 4) is 11.5 Å². The van der Waals surface area contributed by atoms with Gasteiger partial charge in [-0.05, 0) is 58.5 Å². The number of ether oxygens (including phenoxy) is 2. The van der Waals surface area contributed by atoms with E-state index < -0.39 is 0 Å². The van der Waals surface area contributed by atoms with Gasteiger partial charge in [-0.15, -0.1) is 0 Å². The second-order valence-corrected chi connectivity index (χ2v) is 6.16. The highest BCUT2D eigenvalue weighted by atomic mass is 127. The van der Waals surface area contributed by atoms with Gasteiger partial charge in [0.2, 0.25) is 0 Å². The summed E-state index contributed by atoms with van der Waals surface area (Å²) in [6.45, 7) is 0. The SMILES string of the molecule is COc1cc(/C=C/c2ccc3ccccc3n2)cc(I)c1OC. The lowest BCUT2D eigenvalue weighted by atomic mass is 10.1. The lowest BCUT2D eigenvalue weighted by Gasteiger charge is -2.10. The topological polar surface area (TPSA) is 31.4 Å². The van der Waals surface area contributed by atoms with Crippen molar-refractivity contribution in [2.75, 3.05) is 14.2 Å². The molecule has 0 atom stereocenters. The van der Waals surface area contributed by atoms with E-state index in [0.29, 0.717) is 0 Å². The molecule has 0 fully saturated rings.